The topological polar surface area (TPSA) is 47.1 Å². The molecule has 6 rings (SSSR count). The molecule has 6 nitrogen and oxygen atoms in total. The molecule has 0 aliphatic carbocycles. The number of amides is 4. The van der Waals surface area contributed by atoms with E-state index in [0.717, 1.165) is 28.1 Å². The molecule has 3 aromatic rings. The largest absolute Gasteiger partial charge is 0.331 e. The fourth-order valence-electron chi connectivity index (χ4n) is 5.58. The van der Waals surface area contributed by atoms with E-state index in [0.29, 0.717) is 6.54 Å². The van der Waals surface area contributed by atoms with E-state index in [1.807, 2.05) is 95.7 Å². The zero-order chi connectivity index (χ0) is 21.3. The van der Waals surface area contributed by atoms with Gasteiger partial charge in [0, 0.05) is 31.8 Å². The van der Waals surface area contributed by atoms with Gasteiger partial charge in [-0.1, -0.05) is 66.7 Å². The average molecular weight is 410 g/mol. The number of fused-ring (bicyclic) bond motifs is 4. The lowest BCUT2D eigenvalue weighted by Crippen LogP contribution is -2.62. The van der Waals surface area contributed by atoms with Crippen LogP contribution in [0.3, 0.4) is 0 Å². The minimum absolute atomic E-state index is 0.0829. The molecule has 3 heterocycles. The Balaban J connectivity index is 1.64. The Morgan fingerprint density at radius 1 is 0.774 bits per heavy atom. The number of anilines is 2. The lowest BCUT2D eigenvalue weighted by atomic mass is 9.86. The summed E-state index contributed by atoms with van der Waals surface area (Å²) in [5.41, 5.74) is 3.79. The van der Waals surface area contributed by atoms with E-state index in [2.05, 4.69) is 0 Å². The maximum Gasteiger partial charge on any atom is 0.331 e. The molecule has 2 atom stereocenters. The third-order valence-corrected chi connectivity index (χ3v) is 6.89. The van der Waals surface area contributed by atoms with Gasteiger partial charge in [-0.3, -0.25) is 14.7 Å². The van der Waals surface area contributed by atoms with Crippen LogP contribution in [-0.2, 0) is 12.2 Å². The monoisotopic (exact) mass is 410 g/mol. The fraction of sp³-hybridized carbons (Fsp3) is 0.200. The maximum absolute atomic E-state index is 13.7. The molecule has 1 spiro atoms. The minimum atomic E-state index is -0.921. The van der Waals surface area contributed by atoms with Crippen LogP contribution in [0.1, 0.15) is 22.7 Å². The molecule has 3 aromatic carbocycles. The second kappa shape index (κ2) is 6.11. The van der Waals surface area contributed by atoms with Crippen molar-refractivity contribution in [1.29, 1.82) is 0 Å². The van der Waals surface area contributed by atoms with Crippen LogP contribution in [0.5, 0.6) is 0 Å². The van der Waals surface area contributed by atoms with E-state index < -0.39 is 5.66 Å². The number of urea groups is 2. The van der Waals surface area contributed by atoms with Gasteiger partial charge in [0.2, 0.25) is 0 Å². The van der Waals surface area contributed by atoms with Crippen molar-refractivity contribution < 1.29 is 9.59 Å². The van der Waals surface area contributed by atoms with Gasteiger partial charge in [-0.2, -0.15) is 0 Å². The highest BCUT2D eigenvalue weighted by Crippen LogP contribution is 2.63. The first kappa shape index (κ1) is 18.0. The van der Waals surface area contributed by atoms with Crippen LogP contribution in [0.25, 0.3) is 0 Å². The number of rotatable bonds is 2. The van der Waals surface area contributed by atoms with Gasteiger partial charge in [-0.25, -0.2) is 9.59 Å². The molecule has 1 saturated heterocycles. The molecule has 3 aliphatic rings. The summed E-state index contributed by atoms with van der Waals surface area (Å²) < 4.78 is 0. The Bertz CT molecular complexity index is 1230. The van der Waals surface area contributed by atoms with Crippen molar-refractivity contribution in [2.24, 2.45) is 0 Å². The van der Waals surface area contributed by atoms with Crippen LogP contribution in [0.15, 0.2) is 78.9 Å². The summed E-state index contributed by atoms with van der Waals surface area (Å²) in [5, 5.41) is 0. The second-order valence-corrected chi connectivity index (χ2v) is 8.34. The van der Waals surface area contributed by atoms with E-state index in [1.54, 1.807) is 16.8 Å². The lowest BCUT2D eigenvalue weighted by molar-refractivity contribution is 0.157. The molecule has 31 heavy (non-hydrogen) atoms. The highest BCUT2D eigenvalue weighted by Gasteiger charge is 2.69. The van der Waals surface area contributed by atoms with Gasteiger partial charge in [-0.15, -0.1) is 0 Å². The van der Waals surface area contributed by atoms with E-state index in [-0.39, 0.29) is 18.1 Å². The minimum Gasteiger partial charge on any atom is -0.308 e. The first-order valence-electron chi connectivity index (χ1n) is 10.4. The fourth-order valence-corrected chi connectivity index (χ4v) is 5.58. The van der Waals surface area contributed by atoms with E-state index in [4.69, 9.17) is 0 Å². The van der Waals surface area contributed by atoms with Crippen LogP contribution in [-0.4, -0.2) is 36.0 Å². The molecule has 0 bridgehead atoms. The van der Waals surface area contributed by atoms with Crippen LogP contribution >= 0.6 is 0 Å². The van der Waals surface area contributed by atoms with Crippen LogP contribution in [0.2, 0.25) is 0 Å². The molecular formula is C25H22N4O2. The SMILES string of the molecule is CN1C(=O)N2c3ccccc3C3N(Cc4ccccc4)C(=O)N(C)[C@@]32c2ccccc21. The molecule has 154 valence electrons. The summed E-state index contributed by atoms with van der Waals surface area (Å²) in [6, 6.07) is 25.4. The number of hydrogen-bond donors (Lipinski definition) is 0. The summed E-state index contributed by atoms with van der Waals surface area (Å²) in [6.45, 7) is 0.477. The van der Waals surface area contributed by atoms with Gasteiger partial charge in [0.1, 0.15) is 6.04 Å². The third kappa shape index (κ3) is 2.06. The van der Waals surface area contributed by atoms with Gasteiger partial charge in [0.05, 0.1) is 11.4 Å². The van der Waals surface area contributed by atoms with Crippen LogP contribution in [0.4, 0.5) is 21.0 Å². The predicted molar refractivity (Wildman–Crippen MR) is 119 cm³/mol. The number of carbonyl (C=O) groups is 2. The summed E-state index contributed by atoms with van der Waals surface area (Å²) in [5.74, 6) is 0. The van der Waals surface area contributed by atoms with E-state index >= 15 is 0 Å². The Morgan fingerprint density at radius 3 is 2.19 bits per heavy atom. The van der Waals surface area contributed by atoms with Crippen LogP contribution < -0.4 is 9.80 Å². The Hall–Kier alpha value is -3.80. The zero-order valence-electron chi connectivity index (χ0n) is 17.4. The quantitative estimate of drug-likeness (QED) is 0.623. The molecular weight excluding hydrogens is 388 g/mol. The molecule has 6 heteroatoms. The van der Waals surface area contributed by atoms with Crippen LogP contribution in [0, 0.1) is 0 Å². The lowest BCUT2D eigenvalue weighted by Gasteiger charge is -2.49. The van der Waals surface area contributed by atoms with Crippen molar-refractivity contribution in [3.63, 3.8) is 0 Å². The molecule has 3 aliphatic heterocycles. The smallest absolute Gasteiger partial charge is 0.308 e. The Kier molecular flexibility index (Phi) is 3.55. The van der Waals surface area contributed by atoms with Gasteiger partial charge in [0.15, 0.2) is 5.66 Å². The standard InChI is InChI=1S/C25H22N4O2/c1-26-21-15-9-7-13-19(21)25-22(18-12-6-8-14-20(18)29(25)23(26)30)28(24(31)27(25)2)16-17-10-4-3-5-11-17/h3-15,22H,16H2,1-2H3/t22?,25-/m1/s1. The number of benzene rings is 3. The molecule has 0 radical (unpaired) electrons. The number of para-hydroxylation sites is 2. The van der Waals surface area contributed by atoms with Gasteiger partial charge >= 0.3 is 12.1 Å². The highest BCUT2D eigenvalue weighted by molar-refractivity contribution is 6.11. The summed E-state index contributed by atoms with van der Waals surface area (Å²) in [6.07, 6.45) is 0. The molecule has 0 aromatic heterocycles. The second-order valence-electron chi connectivity index (χ2n) is 8.34. The number of carbonyl (C=O) groups excluding carboxylic acids is 2. The predicted octanol–water partition coefficient (Wildman–Crippen LogP) is 4.54. The number of likely N-dealkylation sites (N-methyl/N-ethyl adjacent to an activating group) is 1. The summed E-state index contributed by atoms with van der Waals surface area (Å²) >= 11 is 0. The van der Waals surface area contributed by atoms with Crippen molar-refractivity contribution in [3.05, 3.63) is 95.6 Å². The van der Waals surface area contributed by atoms with Gasteiger partial charge in [0.25, 0.3) is 0 Å². The molecule has 1 fully saturated rings. The van der Waals surface area contributed by atoms with Crippen molar-refractivity contribution in [3.8, 4) is 0 Å². The maximum atomic E-state index is 13.7. The molecule has 4 amide bonds. The van der Waals surface area contributed by atoms with Gasteiger partial charge in [-0.05, 0) is 17.7 Å². The normalized spacial score (nSPS) is 23.6. The van der Waals surface area contributed by atoms with Crippen molar-refractivity contribution >= 4 is 23.4 Å². The Labute approximate surface area is 180 Å². The van der Waals surface area contributed by atoms with Gasteiger partial charge < -0.3 is 4.90 Å². The van der Waals surface area contributed by atoms with E-state index in [9.17, 15) is 9.59 Å². The summed E-state index contributed by atoms with van der Waals surface area (Å²) in [7, 11) is 3.61. The average Bonchev–Trinajstić information content (AvgIpc) is 3.22. The first-order valence-corrected chi connectivity index (χ1v) is 10.4. The van der Waals surface area contributed by atoms with Crippen molar-refractivity contribution in [2.75, 3.05) is 23.9 Å². The van der Waals surface area contributed by atoms with Crippen molar-refractivity contribution in [1.82, 2.24) is 9.80 Å². The molecule has 0 N–H and O–H groups in total. The van der Waals surface area contributed by atoms with Crippen molar-refractivity contribution in [2.45, 2.75) is 18.2 Å². The third-order valence-electron chi connectivity index (χ3n) is 6.89. The van der Waals surface area contributed by atoms with E-state index in [1.165, 1.54) is 0 Å². The summed E-state index contributed by atoms with van der Waals surface area (Å²) in [4.78, 5) is 34.5. The number of hydrogen-bond acceptors (Lipinski definition) is 2. The molecule has 0 saturated carbocycles. The number of nitrogens with zero attached hydrogens (tertiary/aromatic N) is 4. The first-order chi connectivity index (χ1) is 15.1. The Morgan fingerprint density at radius 2 is 1.42 bits per heavy atom. The zero-order valence-corrected chi connectivity index (χ0v) is 17.4. The highest BCUT2D eigenvalue weighted by atomic mass is 16.2. The molecule has 1 unspecified atom stereocenters.